The summed E-state index contributed by atoms with van der Waals surface area (Å²) in [4.78, 5) is 11.8. The van der Waals surface area contributed by atoms with Crippen LogP contribution in [0.1, 0.15) is 5.56 Å². The first-order valence-corrected chi connectivity index (χ1v) is 5.72. The summed E-state index contributed by atoms with van der Waals surface area (Å²) in [6.45, 7) is 0. The van der Waals surface area contributed by atoms with Gasteiger partial charge in [0.05, 0.1) is 16.6 Å². The molecule has 0 aliphatic carbocycles. The Morgan fingerprint density at radius 3 is 2.50 bits per heavy atom. The second-order valence-electron chi connectivity index (χ2n) is 2.88. The molecule has 0 bridgehead atoms. The number of halogens is 1. The molecule has 0 N–H and O–H groups in total. The summed E-state index contributed by atoms with van der Waals surface area (Å²) in [6, 6.07) is 5.40. The molecule has 0 amide bonds. The molecule has 2 heterocycles. The number of rotatable bonds is 3. The van der Waals surface area contributed by atoms with E-state index in [0.29, 0.717) is 10.9 Å². The monoisotopic (exact) mass is 255 g/mol. The lowest BCUT2D eigenvalue weighted by atomic mass is 10.3. The standard InChI is InChI=1S/C10H9N3OS.ClH/c14-15(10-12-5-2-6-13-10)8-9-3-1-4-11-7-9;/h1-7H,8H2;1H. The smallest absolute Gasteiger partial charge is 0.218 e. The minimum atomic E-state index is -1.20. The van der Waals surface area contributed by atoms with Gasteiger partial charge in [0.1, 0.15) is 0 Å². The summed E-state index contributed by atoms with van der Waals surface area (Å²) in [7, 11) is -1.20. The summed E-state index contributed by atoms with van der Waals surface area (Å²) in [5.74, 6) is 0.401. The molecule has 2 aromatic heterocycles. The van der Waals surface area contributed by atoms with E-state index in [1.165, 1.54) is 0 Å². The van der Waals surface area contributed by atoms with Gasteiger partial charge in [-0.3, -0.25) is 9.19 Å². The van der Waals surface area contributed by atoms with Crippen molar-refractivity contribution in [1.82, 2.24) is 15.0 Å². The van der Waals surface area contributed by atoms with Crippen molar-refractivity contribution in [2.24, 2.45) is 0 Å². The van der Waals surface area contributed by atoms with Gasteiger partial charge in [-0.2, -0.15) is 0 Å². The van der Waals surface area contributed by atoms with Crippen LogP contribution in [-0.4, -0.2) is 19.2 Å². The summed E-state index contributed by atoms with van der Waals surface area (Å²) < 4.78 is 11.8. The van der Waals surface area contributed by atoms with E-state index in [1.54, 1.807) is 30.9 Å². The highest BCUT2D eigenvalue weighted by Crippen LogP contribution is 2.05. The van der Waals surface area contributed by atoms with Crippen LogP contribution in [0.5, 0.6) is 0 Å². The highest BCUT2D eigenvalue weighted by Gasteiger charge is 2.06. The molecule has 4 nitrogen and oxygen atoms in total. The van der Waals surface area contributed by atoms with E-state index in [9.17, 15) is 4.21 Å². The maximum absolute atomic E-state index is 11.8. The maximum atomic E-state index is 11.8. The van der Waals surface area contributed by atoms with Gasteiger partial charge in [-0.1, -0.05) is 6.07 Å². The van der Waals surface area contributed by atoms with Crippen molar-refractivity contribution in [3.63, 3.8) is 0 Å². The van der Waals surface area contributed by atoms with E-state index in [2.05, 4.69) is 15.0 Å². The average Bonchev–Trinajstić information content (AvgIpc) is 2.31. The molecule has 0 aromatic carbocycles. The summed E-state index contributed by atoms with van der Waals surface area (Å²) >= 11 is 0. The van der Waals surface area contributed by atoms with Crippen molar-refractivity contribution in [2.75, 3.05) is 0 Å². The third kappa shape index (κ3) is 3.36. The highest BCUT2D eigenvalue weighted by molar-refractivity contribution is 7.84. The Hall–Kier alpha value is -1.33. The van der Waals surface area contributed by atoms with Crippen LogP contribution in [0.15, 0.2) is 48.1 Å². The van der Waals surface area contributed by atoms with Crippen LogP contribution in [0.4, 0.5) is 0 Å². The predicted octanol–water partition coefficient (Wildman–Crippen LogP) is 1.60. The molecule has 0 spiro atoms. The SMILES string of the molecule is Cl.O=S(Cc1cccnc1)c1ncccn1. The fourth-order valence-corrected chi connectivity index (χ4v) is 2.06. The molecule has 6 heteroatoms. The average molecular weight is 256 g/mol. The Morgan fingerprint density at radius 2 is 1.88 bits per heavy atom. The number of hydrogen-bond acceptors (Lipinski definition) is 4. The fourth-order valence-electron chi connectivity index (χ4n) is 1.10. The molecule has 0 aliphatic heterocycles. The number of nitrogens with zero attached hydrogens (tertiary/aromatic N) is 3. The Labute approximate surface area is 102 Å². The minimum Gasteiger partial charge on any atom is -0.264 e. The first-order chi connectivity index (χ1) is 7.36. The van der Waals surface area contributed by atoms with Crippen molar-refractivity contribution in [3.05, 3.63) is 48.5 Å². The van der Waals surface area contributed by atoms with Gasteiger partial charge < -0.3 is 0 Å². The van der Waals surface area contributed by atoms with Crippen LogP contribution in [0.2, 0.25) is 0 Å². The highest BCUT2D eigenvalue weighted by atomic mass is 35.5. The molecule has 2 rings (SSSR count). The van der Waals surface area contributed by atoms with Crippen LogP contribution < -0.4 is 0 Å². The molecule has 84 valence electrons. The van der Waals surface area contributed by atoms with Crippen LogP contribution in [0, 0.1) is 0 Å². The van der Waals surface area contributed by atoms with Crippen molar-refractivity contribution in [3.8, 4) is 0 Å². The van der Waals surface area contributed by atoms with Crippen LogP contribution in [0.3, 0.4) is 0 Å². The summed E-state index contributed by atoms with van der Waals surface area (Å²) in [5, 5.41) is 0.362. The Morgan fingerprint density at radius 1 is 1.12 bits per heavy atom. The van der Waals surface area contributed by atoms with E-state index in [-0.39, 0.29) is 12.4 Å². The summed E-state index contributed by atoms with van der Waals surface area (Å²) in [5.41, 5.74) is 0.920. The van der Waals surface area contributed by atoms with Crippen LogP contribution in [-0.2, 0) is 16.6 Å². The Kier molecular flexibility index (Phi) is 5.01. The van der Waals surface area contributed by atoms with Crippen molar-refractivity contribution < 1.29 is 4.21 Å². The van der Waals surface area contributed by atoms with Crippen molar-refractivity contribution >= 4 is 23.2 Å². The normalized spacial score (nSPS) is 11.5. The van der Waals surface area contributed by atoms with E-state index < -0.39 is 10.8 Å². The molecule has 0 saturated heterocycles. The van der Waals surface area contributed by atoms with Gasteiger partial charge in [-0.15, -0.1) is 12.4 Å². The number of pyridine rings is 1. The molecule has 0 fully saturated rings. The fraction of sp³-hybridized carbons (Fsp3) is 0.100. The van der Waals surface area contributed by atoms with Gasteiger partial charge in [0.15, 0.2) is 0 Å². The quantitative estimate of drug-likeness (QED) is 0.782. The zero-order chi connectivity index (χ0) is 10.5. The Bertz CT molecular complexity index is 452. The topological polar surface area (TPSA) is 55.7 Å². The lowest BCUT2D eigenvalue weighted by Crippen LogP contribution is -2.01. The lowest BCUT2D eigenvalue weighted by molar-refractivity contribution is 0.675. The molecule has 1 unspecified atom stereocenters. The van der Waals surface area contributed by atoms with Gasteiger partial charge in [0.2, 0.25) is 5.16 Å². The zero-order valence-electron chi connectivity index (χ0n) is 8.31. The van der Waals surface area contributed by atoms with Crippen molar-refractivity contribution in [2.45, 2.75) is 10.9 Å². The summed E-state index contributed by atoms with van der Waals surface area (Å²) in [6.07, 6.45) is 6.55. The van der Waals surface area contributed by atoms with Gasteiger partial charge >= 0.3 is 0 Å². The lowest BCUT2D eigenvalue weighted by Gasteiger charge is -1.99. The maximum Gasteiger partial charge on any atom is 0.218 e. The van der Waals surface area contributed by atoms with Crippen molar-refractivity contribution in [1.29, 1.82) is 0 Å². The van der Waals surface area contributed by atoms with E-state index in [0.717, 1.165) is 5.56 Å². The van der Waals surface area contributed by atoms with Gasteiger partial charge in [0, 0.05) is 24.8 Å². The first-order valence-electron chi connectivity index (χ1n) is 4.40. The molecule has 1 atom stereocenters. The molecule has 16 heavy (non-hydrogen) atoms. The molecular weight excluding hydrogens is 246 g/mol. The third-order valence-corrected chi connectivity index (χ3v) is 2.98. The molecule has 2 aromatic rings. The van der Waals surface area contributed by atoms with E-state index in [1.807, 2.05) is 12.1 Å². The largest absolute Gasteiger partial charge is 0.264 e. The van der Waals surface area contributed by atoms with E-state index >= 15 is 0 Å². The number of hydrogen-bond donors (Lipinski definition) is 0. The second-order valence-corrected chi connectivity index (χ2v) is 4.23. The Balaban J connectivity index is 0.00000128. The molecule has 0 radical (unpaired) electrons. The zero-order valence-corrected chi connectivity index (χ0v) is 9.95. The molecular formula is C10H10ClN3OS. The van der Waals surface area contributed by atoms with Gasteiger partial charge in [0.25, 0.3) is 0 Å². The first kappa shape index (κ1) is 12.7. The number of aromatic nitrogens is 3. The molecule has 0 aliphatic rings. The van der Waals surface area contributed by atoms with Crippen LogP contribution >= 0.6 is 12.4 Å². The third-order valence-electron chi connectivity index (χ3n) is 1.77. The van der Waals surface area contributed by atoms with Gasteiger partial charge in [-0.25, -0.2) is 9.97 Å². The van der Waals surface area contributed by atoms with Gasteiger partial charge in [-0.05, 0) is 17.7 Å². The van der Waals surface area contributed by atoms with E-state index in [4.69, 9.17) is 0 Å². The molecule has 0 saturated carbocycles. The van der Waals surface area contributed by atoms with Crippen LogP contribution in [0.25, 0.3) is 0 Å². The minimum absolute atomic E-state index is 0. The second kappa shape index (κ2) is 6.30. The predicted molar refractivity (Wildman–Crippen MR) is 63.6 cm³/mol.